The Kier molecular flexibility index (Phi) is 9.75. The molecule has 1 fully saturated rings. The predicted octanol–water partition coefficient (Wildman–Crippen LogP) is 4.06. The lowest BCUT2D eigenvalue weighted by Crippen LogP contribution is -2.29. The van der Waals surface area contributed by atoms with Crippen molar-refractivity contribution >= 4 is 11.3 Å². The summed E-state index contributed by atoms with van der Waals surface area (Å²) < 4.78 is 13.2. The minimum Gasteiger partial charge on any atom is -0.392 e. The number of aromatic nitrogens is 3. The van der Waals surface area contributed by atoms with Gasteiger partial charge >= 0.3 is 0 Å². The standard InChI is InChI=1S/C18H20N4O3.C7H8O.C2H6/c19-17-15-6-7-16(22(15)21-12-20-17)18(23)9-8-14(25-18)11-24-10-13-4-2-1-3-5-13;8-6-7-4-2-1-3-5-7;1-2/h1-7,12,14,23H,8-11H2,(H2,19,20,21);1-5,8H,6H2;1-2H3. The first-order valence-corrected chi connectivity index (χ1v) is 11.8. The van der Waals surface area contributed by atoms with Crippen molar-refractivity contribution in [2.75, 3.05) is 12.3 Å². The third kappa shape index (κ3) is 6.86. The maximum absolute atomic E-state index is 10.9. The molecule has 186 valence electrons. The second kappa shape index (κ2) is 13.0. The maximum atomic E-state index is 10.9. The van der Waals surface area contributed by atoms with Crippen LogP contribution in [0.15, 0.2) is 79.1 Å². The van der Waals surface area contributed by atoms with Gasteiger partial charge in [0.1, 0.15) is 17.5 Å². The molecule has 2 aromatic carbocycles. The van der Waals surface area contributed by atoms with Gasteiger partial charge in [-0.05, 0) is 29.7 Å². The number of nitrogen functional groups attached to an aromatic ring is 1. The number of hydrogen-bond donors (Lipinski definition) is 3. The third-order valence-electron chi connectivity index (χ3n) is 5.49. The Morgan fingerprint density at radius 1 is 1.03 bits per heavy atom. The number of fused-ring (bicyclic) bond motifs is 1. The lowest BCUT2D eigenvalue weighted by atomic mass is 10.1. The van der Waals surface area contributed by atoms with Crippen LogP contribution in [-0.2, 0) is 28.5 Å². The average molecular weight is 479 g/mol. The summed E-state index contributed by atoms with van der Waals surface area (Å²) in [5.74, 6) is -1.03. The van der Waals surface area contributed by atoms with Gasteiger partial charge in [-0.1, -0.05) is 74.5 Å². The highest BCUT2D eigenvalue weighted by Gasteiger charge is 2.42. The van der Waals surface area contributed by atoms with Crippen LogP contribution in [0.25, 0.3) is 5.52 Å². The Morgan fingerprint density at radius 2 is 1.69 bits per heavy atom. The van der Waals surface area contributed by atoms with E-state index in [1.54, 1.807) is 16.6 Å². The van der Waals surface area contributed by atoms with Crippen molar-refractivity contribution in [1.82, 2.24) is 14.6 Å². The number of anilines is 1. The number of benzene rings is 2. The van der Waals surface area contributed by atoms with Gasteiger partial charge in [0, 0.05) is 6.42 Å². The highest BCUT2D eigenvalue weighted by Crippen LogP contribution is 2.37. The van der Waals surface area contributed by atoms with E-state index in [2.05, 4.69) is 10.1 Å². The number of aliphatic hydroxyl groups excluding tert-OH is 1. The van der Waals surface area contributed by atoms with Crippen molar-refractivity contribution in [2.45, 2.75) is 51.8 Å². The quantitative estimate of drug-likeness (QED) is 0.383. The molecule has 2 aromatic heterocycles. The zero-order valence-electron chi connectivity index (χ0n) is 20.2. The summed E-state index contributed by atoms with van der Waals surface area (Å²) >= 11 is 0. The third-order valence-corrected chi connectivity index (χ3v) is 5.49. The number of rotatable bonds is 6. The van der Waals surface area contributed by atoms with Crippen molar-refractivity contribution in [3.05, 3.63) is 95.9 Å². The second-order valence-corrected chi connectivity index (χ2v) is 7.87. The fourth-order valence-electron chi connectivity index (χ4n) is 3.77. The minimum absolute atomic E-state index is 0.140. The number of aliphatic hydroxyl groups is 2. The van der Waals surface area contributed by atoms with E-state index in [-0.39, 0.29) is 12.7 Å². The normalized spacial score (nSPS) is 18.9. The van der Waals surface area contributed by atoms with Crippen LogP contribution in [0.4, 0.5) is 5.82 Å². The van der Waals surface area contributed by atoms with Gasteiger partial charge in [-0.2, -0.15) is 5.10 Å². The zero-order chi connectivity index (χ0) is 25.1. The number of ether oxygens (including phenoxy) is 2. The Labute approximate surface area is 206 Å². The van der Waals surface area contributed by atoms with Crippen LogP contribution in [0.1, 0.15) is 43.5 Å². The van der Waals surface area contributed by atoms with Crippen molar-refractivity contribution in [1.29, 1.82) is 0 Å². The van der Waals surface area contributed by atoms with Gasteiger partial charge in [-0.3, -0.25) is 0 Å². The van der Waals surface area contributed by atoms with Crippen LogP contribution in [0.2, 0.25) is 0 Å². The molecule has 35 heavy (non-hydrogen) atoms. The fraction of sp³-hybridized carbons (Fsp3) is 0.333. The van der Waals surface area contributed by atoms with Gasteiger partial charge < -0.3 is 25.4 Å². The van der Waals surface area contributed by atoms with Crippen LogP contribution >= 0.6 is 0 Å². The van der Waals surface area contributed by atoms with E-state index >= 15 is 0 Å². The summed E-state index contributed by atoms with van der Waals surface area (Å²) in [6.07, 6.45) is 2.38. The molecule has 1 aliphatic heterocycles. The largest absolute Gasteiger partial charge is 0.392 e. The second-order valence-electron chi connectivity index (χ2n) is 7.87. The van der Waals surface area contributed by atoms with Crippen LogP contribution in [-0.4, -0.2) is 37.5 Å². The first-order chi connectivity index (χ1) is 17.1. The molecule has 3 heterocycles. The molecule has 8 nitrogen and oxygen atoms in total. The fourth-order valence-corrected chi connectivity index (χ4v) is 3.77. The van der Waals surface area contributed by atoms with Gasteiger partial charge in [0.25, 0.3) is 0 Å². The Bertz CT molecular complexity index is 1150. The summed E-state index contributed by atoms with van der Waals surface area (Å²) in [5, 5.41) is 23.6. The van der Waals surface area contributed by atoms with E-state index in [1.807, 2.05) is 74.5 Å². The molecule has 1 aliphatic rings. The highest BCUT2D eigenvalue weighted by molar-refractivity contribution is 5.65. The van der Waals surface area contributed by atoms with Gasteiger partial charge in [0.2, 0.25) is 5.79 Å². The van der Waals surface area contributed by atoms with Crippen LogP contribution < -0.4 is 5.73 Å². The van der Waals surface area contributed by atoms with Crippen LogP contribution in [0.3, 0.4) is 0 Å². The van der Waals surface area contributed by atoms with Gasteiger partial charge in [-0.25, -0.2) is 9.50 Å². The van der Waals surface area contributed by atoms with Gasteiger partial charge in [0.05, 0.1) is 25.9 Å². The van der Waals surface area contributed by atoms with E-state index < -0.39 is 5.79 Å². The molecule has 0 aliphatic carbocycles. The first-order valence-electron chi connectivity index (χ1n) is 11.8. The molecular weight excluding hydrogens is 444 g/mol. The summed E-state index contributed by atoms with van der Waals surface area (Å²) in [6.45, 7) is 5.09. The van der Waals surface area contributed by atoms with E-state index in [0.29, 0.717) is 43.1 Å². The molecule has 0 amide bonds. The van der Waals surface area contributed by atoms with E-state index in [4.69, 9.17) is 20.3 Å². The van der Waals surface area contributed by atoms with Crippen LogP contribution in [0.5, 0.6) is 0 Å². The summed E-state index contributed by atoms with van der Waals surface area (Å²) in [6, 6.07) is 23.0. The summed E-state index contributed by atoms with van der Waals surface area (Å²) in [5.41, 5.74) is 9.13. The minimum atomic E-state index is -1.39. The number of hydrogen-bond acceptors (Lipinski definition) is 7. The molecule has 4 aromatic rings. The smallest absolute Gasteiger partial charge is 0.210 e. The predicted molar refractivity (Wildman–Crippen MR) is 135 cm³/mol. The van der Waals surface area contributed by atoms with Crippen molar-refractivity contribution in [3.63, 3.8) is 0 Å². The molecule has 4 N–H and O–H groups in total. The molecule has 0 radical (unpaired) electrons. The Balaban J connectivity index is 0.000000289. The topological polar surface area (TPSA) is 115 Å². The van der Waals surface area contributed by atoms with Gasteiger partial charge in [0.15, 0.2) is 5.82 Å². The van der Waals surface area contributed by atoms with E-state index in [1.165, 1.54) is 6.33 Å². The lowest BCUT2D eigenvalue weighted by molar-refractivity contribution is -0.211. The summed E-state index contributed by atoms with van der Waals surface area (Å²) in [4.78, 5) is 3.96. The molecule has 1 saturated heterocycles. The average Bonchev–Trinajstić information content (AvgIpc) is 3.52. The molecule has 5 rings (SSSR count). The van der Waals surface area contributed by atoms with E-state index in [0.717, 1.165) is 11.1 Å². The SMILES string of the molecule is CC.Nc1ncnn2c(C3(O)CCC(COCc4ccccc4)O3)ccc12.OCc1ccccc1. The molecule has 8 heteroatoms. The highest BCUT2D eigenvalue weighted by atomic mass is 16.6. The lowest BCUT2D eigenvalue weighted by Gasteiger charge is -2.23. The number of nitrogens with zero attached hydrogens (tertiary/aromatic N) is 3. The molecule has 2 unspecified atom stereocenters. The molecule has 0 spiro atoms. The molecule has 0 saturated carbocycles. The summed E-state index contributed by atoms with van der Waals surface area (Å²) in [7, 11) is 0. The zero-order valence-corrected chi connectivity index (χ0v) is 20.2. The first kappa shape index (κ1) is 26.3. The van der Waals surface area contributed by atoms with Gasteiger partial charge in [-0.15, -0.1) is 0 Å². The molecule has 2 atom stereocenters. The van der Waals surface area contributed by atoms with Crippen molar-refractivity contribution < 1.29 is 19.7 Å². The van der Waals surface area contributed by atoms with Crippen molar-refractivity contribution in [2.24, 2.45) is 0 Å². The van der Waals surface area contributed by atoms with Crippen molar-refractivity contribution in [3.8, 4) is 0 Å². The van der Waals surface area contributed by atoms with E-state index in [9.17, 15) is 5.11 Å². The maximum Gasteiger partial charge on any atom is 0.210 e. The van der Waals surface area contributed by atoms with Crippen LogP contribution in [0, 0.1) is 0 Å². The molecular formula is C27H34N4O4. The Morgan fingerprint density at radius 3 is 2.31 bits per heavy atom. The number of nitrogens with two attached hydrogens (primary N) is 1. The Hall–Kier alpha value is -3.30. The monoisotopic (exact) mass is 478 g/mol. The molecule has 0 bridgehead atoms.